The van der Waals surface area contributed by atoms with Gasteiger partial charge in [0.05, 0.1) is 0 Å². The van der Waals surface area contributed by atoms with Crippen LogP contribution in [-0.4, -0.2) is 26.3 Å². The average Bonchev–Trinajstić information content (AvgIpc) is 3.05. The fourth-order valence-electron chi connectivity index (χ4n) is 2.48. The van der Waals surface area contributed by atoms with Gasteiger partial charge in [0.15, 0.2) is 17.5 Å². The van der Waals surface area contributed by atoms with E-state index in [9.17, 15) is 0 Å². The van der Waals surface area contributed by atoms with Crippen LogP contribution in [0.25, 0.3) is 0 Å². The minimum Gasteiger partial charge on any atom is -0.454 e. The van der Waals surface area contributed by atoms with Crippen molar-refractivity contribution in [1.29, 1.82) is 0 Å². The highest BCUT2D eigenvalue weighted by Crippen LogP contribution is 2.32. The lowest BCUT2D eigenvalue weighted by Crippen LogP contribution is -2.37. The van der Waals surface area contributed by atoms with E-state index >= 15 is 0 Å². The smallest absolute Gasteiger partial charge is 0.231 e. The zero-order valence-corrected chi connectivity index (χ0v) is 17.0. The lowest BCUT2D eigenvalue weighted by Gasteiger charge is -2.12. The number of nitrogens with zero attached hydrogens (tertiary/aromatic N) is 1. The van der Waals surface area contributed by atoms with Crippen LogP contribution in [0.2, 0.25) is 5.02 Å². The van der Waals surface area contributed by atoms with Crippen LogP contribution in [0.5, 0.6) is 11.5 Å². The summed E-state index contributed by atoms with van der Waals surface area (Å²) in [7, 11) is 1.76. The highest BCUT2D eigenvalue weighted by Gasteiger charge is 2.13. The first kappa shape index (κ1) is 19.7. The average molecular weight is 474 g/mol. The Hall–Kier alpha value is -1.67. The molecule has 5 nitrogen and oxygen atoms in total. The van der Waals surface area contributed by atoms with Crippen molar-refractivity contribution in [2.24, 2.45) is 4.99 Å². The zero-order chi connectivity index (χ0) is 16.8. The molecule has 0 aliphatic carbocycles. The SMILES string of the molecule is CN=C(NCCc1cccc(Cl)c1)NCc1ccc2c(c1)OCO2.I. The Labute approximate surface area is 169 Å². The largest absolute Gasteiger partial charge is 0.454 e. The molecule has 134 valence electrons. The van der Waals surface area contributed by atoms with Crippen molar-refractivity contribution in [1.82, 2.24) is 10.6 Å². The van der Waals surface area contributed by atoms with Gasteiger partial charge in [-0.2, -0.15) is 0 Å². The van der Waals surface area contributed by atoms with Crippen molar-refractivity contribution >= 4 is 41.5 Å². The molecule has 0 bridgehead atoms. The van der Waals surface area contributed by atoms with Crippen LogP contribution in [0.1, 0.15) is 11.1 Å². The van der Waals surface area contributed by atoms with Crippen molar-refractivity contribution in [3.05, 3.63) is 58.6 Å². The second-order valence-corrected chi connectivity index (χ2v) is 5.86. The number of benzene rings is 2. The molecule has 0 fully saturated rings. The fraction of sp³-hybridized carbons (Fsp3) is 0.278. The molecular weight excluding hydrogens is 453 g/mol. The van der Waals surface area contributed by atoms with Crippen LogP contribution in [0.15, 0.2) is 47.5 Å². The minimum atomic E-state index is 0. The number of nitrogens with one attached hydrogen (secondary N) is 2. The molecule has 0 aromatic heterocycles. The molecule has 3 rings (SSSR count). The topological polar surface area (TPSA) is 54.9 Å². The normalized spacial score (nSPS) is 12.5. The first-order valence-corrected chi connectivity index (χ1v) is 8.20. The maximum Gasteiger partial charge on any atom is 0.231 e. The number of rotatable bonds is 5. The highest BCUT2D eigenvalue weighted by atomic mass is 127. The van der Waals surface area contributed by atoms with Crippen molar-refractivity contribution < 1.29 is 9.47 Å². The number of aliphatic imine (C=N–C) groups is 1. The lowest BCUT2D eigenvalue weighted by atomic mass is 10.1. The molecule has 0 unspecified atom stereocenters. The summed E-state index contributed by atoms with van der Waals surface area (Å²) in [5, 5.41) is 7.35. The predicted molar refractivity (Wildman–Crippen MR) is 111 cm³/mol. The monoisotopic (exact) mass is 473 g/mol. The van der Waals surface area contributed by atoms with E-state index in [-0.39, 0.29) is 24.0 Å². The summed E-state index contributed by atoms with van der Waals surface area (Å²) < 4.78 is 10.7. The molecule has 7 heteroatoms. The minimum absolute atomic E-state index is 0. The van der Waals surface area contributed by atoms with Gasteiger partial charge in [-0.15, -0.1) is 24.0 Å². The summed E-state index contributed by atoms with van der Waals surface area (Å²) in [5.74, 6) is 2.34. The lowest BCUT2D eigenvalue weighted by molar-refractivity contribution is 0.174. The van der Waals surface area contributed by atoms with E-state index < -0.39 is 0 Å². The molecule has 2 aromatic rings. The predicted octanol–water partition coefficient (Wildman–Crippen LogP) is 3.59. The summed E-state index contributed by atoms with van der Waals surface area (Å²) in [6.07, 6.45) is 0.880. The first-order chi connectivity index (χ1) is 11.7. The number of fused-ring (bicyclic) bond motifs is 1. The van der Waals surface area contributed by atoms with Gasteiger partial charge in [0, 0.05) is 25.2 Å². The molecular formula is C18H21ClIN3O2. The molecule has 0 saturated carbocycles. The Morgan fingerprint density at radius 1 is 1.08 bits per heavy atom. The van der Waals surface area contributed by atoms with E-state index in [1.54, 1.807) is 7.05 Å². The van der Waals surface area contributed by atoms with Gasteiger partial charge in [-0.3, -0.25) is 4.99 Å². The van der Waals surface area contributed by atoms with Crippen molar-refractivity contribution in [2.45, 2.75) is 13.0 Å². The van der Waals surface area contributed by atoms with Crippen LogP contribution in [0, 0.1) is 0 Å². The fourth-order valence-corrected chi connectivity index (χ4v) is 2.69. The number of ether oxygens (including phenoxy) is 2. The molecule has 25 heavy (non-hydrogen) atoms. The van der Waals surface area contributed by atoms with Crippen LogP contribution in [0.4, 0.5) is 0 Å². The number of guanidine groups is 1. The maximum atomic E-state index is 6.00. The van der Waals surface area contributed by atoms with Gasteiger partial charge in [-0.25, -0.2) is 0 Å². The number of hydrogen-bond donors (Lipinski definition) is 2. The van der Waals surface area contributed by atoms with Gasteiger partial charge in [-0.1, -0.05) is 29.8 Å². The standard InChI is InChI=1S/C18H20ClN3O2.HI/c1-20-18(21-8-7-13-3-2-4-15(19)9-13)22-11-14-5-6-16-17(10-14)24-12-23-16;/h2-6,9-10H,7-8,11-12H2,1H3,(H2,20,21,22);1H. The molecule has 0 atom stereocenters. The third-order valence-corrected chi connectivity index (χ3v) is 3.95. The van der Waals surface area contributed by atoms with Crippen LogP contribution < -0.4 is 20.1 Å². The second-order valence-electron chi connectivity index (χ2n) is 5.42. The zero-order valence-electron chi connectivity index (χ0n) is 13.9. The summed E-state index contributed by atoms with van der Waals surface area (Å²) in [6, 6.07) is 13.8. The molecule has 2 aromatic carbocycles. The number of halogens is 2. The summed E-state index contributed by atoms with van der Waals surface area (Å²) in [6.45, 7) is 1.73. The molecule has 2 N–H and O–H groups in total. The molecule has 0 spiro atoms. The van der Waals surface area contributed by atoms with E-state index in [0.29, 0.717) is 13.3 Å². The third kappa shape index (κ3) is 5.67. The Kier molecular flexibility index (Phi) is 7.64. The van der Waals surface area contributed by atoms with Crippen molar-refractivity contribution in [2.75, 3.05) is 20.4 Å². The van der Waals surface area contributed by atoms with E-state index in [2.05, 4.69) is 21.7 Å². The Morgan fingerprint density at radius 2 is 1.92 bits per heavy atom. The Bertz CT molecular complexity index is 740. The van der Waals surface area contributed by atoms with E-state index in [0.717, 1.165) is 41.0 Å². The van der Waals surface area contributed by atoms with E-state index in [1.807, 2.05) is 36.4 Å². The molecule has 0 saturated heterocycles. The summed E-state index contributed by atoms with van der Waals surface area (Å²) >= 11 is 6.00. The van der Waals surface area contributed by atoms with Crippen LogP contribution in [-0.2, 0) is 13.0 Å². The molecule has 0 radical (unpaired) electrons. The third-order valence-electron chi connectivity index (χ3n) is 3.72. The van der Waals surface area contributed by atoms with Gasteiger partial charge in [0.1, 0.15) is 0 Å². The van der Waals surface area contributed by atoms with Crippen LogP contribution in [0.3, 0.4) is 0 Å². The Balaban J connectivity index is 0.00000225. The van der Waals surface area contributed by atoms with Gasteiger partial charge in [0.2, 0.25) is 6.79 Å². The highest BCUT2D eigenvalue weighted by molar-refractivity contribution is 14.0. The first-order valence-electron chi connectivity index (χ1n) is 7.82. The quantitative estimate of drug-likeness (QED) is 0.396. The van der Waals surface area contributed by atoms with Crippen LogP contribution >= 0.6 is 35.6 Å². The summed E-state index contributed by atoms with van der Waals surface area (Å²) in [5.41, 5.74) is 2.30. The molecule has 0 amide bonds. The van der Waals surface area contributed by atoms with E-state index in [1.165, 1.54) is 5.56 Å². The second kappa shape index (κ2) is 9.72. The van der Waals surface area contributed by atoms with E-state index in [4.69, 9.17) is 21.1 Å². The van der Waals surface area contributed by atoms with Gasteiger partial charge >= 0.3 is 0 Å². The number of hydrogen-bond acceptors (Lipinski definition) is 3. The maximum absolute atomic E-state index is 6.00. The summed E-state index contributed by atoms with van der Waals surface area (Å²) in [4.78, 5) is 4.24. The van der Waals surface area contributed by atoms with Crippen molar-refractivity contribution in [3.8, 4) is 11.5 Å². The van der Waals surface area contributed by atoms with Gasteiger partial charge in [0.25, 0.3) is 0 Å². The van der Waals surface area contributed by atoms with Crippen molar-refractivity contribution in [3.63, 3.8) is 0 Å². The van der Waals surface area contributed by atoms with Gasteiger partial charge < -0.3 is 20.1 Å². The Morgan fingerprint density at radius 3 is 2.72 bits per heavy atom. The molecule has 1 heterocycles. The molecule has 1 aliphatic rings. The van der Waals surface area contributed by atoms with Gasteiger partial charge in [-0.05, 0) is 41.8 Å². The molecule has 1 aliphatic heterocycles.